The van der Waals surface area contributed by atoms with E-state index in [2.05, 4.69) is 5.32 Å². The lowest BCUT2D eigenvalue weighted by Gasteiger charge is -2.09. The molecule has 0 saturated heterocycles. The zero-order valence-electron chi connectivity index (χ0n) is 12.3. The molecule has 0 bridgehead atoms. The molecule has 0 aliphatic rings. The summed E-state index contributed by atoms with van der Waals surface area (Å²) in [5.41, 5.74) is 0.803. The SMILES string of the molecule is CCOC(=O)/C(=C/Nc1ccc(F)cc1F)c1ccc(Cl)cc1. The lowest BCUT2D eigenvalue weighted by atomic mass is 10.1. The van der Waals surface area contributed by atoms with Crippen LogP contribution in [0.5, 0.6) is 0 Å². The van der Waals surface area contributed by atoms with Gasteiger partial charge in [-0.05, 0) is 36.8 Å². The van der Waals surface area contributed by atoms with Crippen molar-refractivity contribution in [1.29, 1.82) is 0 Å². The Morgan fingerprint density at radius 2 is 1.91 bits per heavy atom. The second kappa shape index (κ2) is 7.74. The highest BCUT2D eigenvalue weighted by atomic mass is 35.5. The number of anilines is 1. The number of ether oxygens (including phenoxy) is 1. The van der Waals surface area contributed by atoms with Crippen molar-refractivity contribution in [2.24, 2.45) is 0 Å². The number of hydrogen-bond acceptors (Lipinski definition) is 3. The third kappa shape index (κ3) is 4.53. The van der Waals surface area contributed by atoms with E-state index >= 15 is 0 Å². The van der Waals surface area contributed by atoms with E-state index in [4.69, 9.17) is 16.3 Å². The Morgan fingerprint density at radius 3 is 2.52 bits per heavy atom. The zero-order valence-corrected chi connectivity index (χ0v) is 13.0. The van der Waals surface area contributed by atoms with Gasteiger partial charge >= 0.3 is 5.97 Å². The molecule has 0 radical (unpaired) electrons. The summed E-state index contributed by atoms with van der Waals surface area (Å²) in [6.07, 6.45) is 1.32. The molecular formula is C17H14ClF2NO2. The quantitative estimate of drug-likeness (QED) is 0.638. The second-order valence-corrected chi connectivity index (χ2v) is 4.99. The predicted octanol–water partition coefficient (Wildman–Crippen LogP) is 4.63. The highest BCUT2D eigenvalue weighted by Gasteiger charge is 2.13. The van der Waals surface area contributed by atoms with Crippen LogP contribution in [0.25, 0.3) is 5.57 Å². The van der Waals surface area contributed by atoms with Gasteiger partial charge in [-0.1, -0.05) is 23.7 Å². The van der Waals surface area contributed by atoms with Gasteiger partial charge in [0.25, 0.3) is 0 Å². The van der Waals surface area contributed by atoms with Crippen LogP contribution in [-0.2, 0) is 9.53 Å². The third-order valence-corrected chi connectivity index (χ3v) is 3.21. The minimum absolute atomic E-state index is 0.0437. The summed E-state index contributed by atoms with van der Waals surface area (Å²) >= 11 is 5.83. The molecule has 2 aromatic rings. The van der Waals surface area contributed by atoms with E-state index < -0.39 is 17.6 Å². The van der Waals surface area contributed by atoms with Crippen molar-refractivity contribution >= 4 is 28.8 Å². The minimum Gasteiger partial charge on any atom is -0.462 e. The van der Waals surface area contributed by atoms with E-state index in [0.717, 1.165) is 12.1 Å². The summed E-state index contributed by atoms with van der Waals surface area (Å²) in [4.78, 5) is 12.1. The molecule has 120 valence electrons. The van der Waals surface area contributed by atoms with Crippen molar-refractivity contribution in [3.05, 3.63) is 70.9 Å². The van der Waals surface area contributed by atoms with Gasteiger partial charge in [-0.3, -0.25) is 0 Å². The van der Waals surface area contributed by atoms with Crippen LogP contribution in [0.4, 0.5) is 14.5 Å². The highest BCUT2D eigenvalue weighted by Crippen LogP contribution is 2.21. The van der Waals surface area contributed by atoms with Crippen molar-refractivity contribution in [3.8, 4) is 0 Å². The molecule has 0 atom stereocenters. The van der Waals surface area contributed by atoms with Crippen LogP contribution in [0.15, 0.2) is 48.7 Å². The monoisotopic (exact) mass is 337 g/mol. The number of hydrogen-bond donors (Lipinski definition) is 1. The molecule has 3 nitrogen and oxygen atoms in total. The van der Waals surface area contributed by atoms with Crippen LogP contribution in [0, 0.1) is 11.6 Å². The van der Waals surface area contributed by atoms with Crippen molar-refractivity contribution in [1.82, 2.24) is 0 Å². The van der Waals surface area contributed by atoms with E-state index in [1.807, 2.05) is 0 Å². The first-order valence-corrected chi connectivity index (χ1v) is 7.24. The van der Waals surface area contributed by atoms with E-state index in [0.29, 0.717) is 10.6 Å². The maximum absolute atomic E-state index is 13.6. The fourth-order valence-electron chi connectivity index (χ4n) is 1.85. The molecule has 2 rings (SSSR count). The molecule has 0 aliphatic heterocycles. The molecule has 0 unspecified atom stereocenters. The molecule has 0 aromatic heterocycles. The molecule has 1 N–H and O–H groups in total. The first kappa shape index (κ1) is 17.0. The van der Waals surface area contributed by atoms with Crippen LogP contribution < -0.4 is 5.32 Å². The van der Waals surface area contributed by atoms with E-state index in [-0.39, 0.29) is 17.9 Å². The number of benzene rings is 2. The first-order valence-electron chi connectivity index (χ1n) is 6.86. The summed E-state index contributed by atoms with van der Waals surface area (Å²) < 4.78 is 31.5. The third-order valence-electron chi connectivity index (χ3n) is 2.95. The fraction of sp³-hybridized carbons (Fsp3) is 0.118. The Hall–Kier alpha value is -2.40. The summed E-state index contributed by atoms with van der Waals surface area (Å²) in [6.45, 7) is 1.89. The number of rotatable bonds is 5. The Labute approximate surface area is 137 Å². The number of carbonyl (C=O) groups excluding carboxylic acids is 1. The molecule has 23 heavy (non-hydrogen) atoms. The smallest absolute Gasteiger partial charge is 0.340 e. The minimum atomic E-state index is -0.763. The lowest BCUT2D eigenvalue weighted by Crippen LogP contribution is -2.09. The van der Waals surface area contributed by atoms with Crippen LogP contribution in [-0.4, -0.2) is 12.6 Å². The topological polar surface area (TPSA) is 38.3 Å². The van der Waals surface area contributed by atoms with Crippen LogP contribution >= 0.6 is 11.6 Å². The summed E-state index contributed by atoms with van der Waals surface area (Å²) in [7, 11) is 0. The van der Waals surface area contributed by atoms with E-state index in [1.54, 1.807) is 31.2 Å². The van der Waals surface area contributed by atoms with Gasteiger partial charge < -0.3 is 10.1 Å². The van der Waals surface area contributed by atoms with E-state index in [9.17, 15) is 13.6 Å². The number of esters is 1. The van der Waals surface area contributed by atoms with Crippen LogP contribution in [0.3, 0.4) is 0 Å². The van der Waals surface area contributed by atoms with Gasteiger partial charge in [-0.25, -0.2) is 13.6 Å². The summed E-state index contributed by atoms with van der Waals surface area (Å²) in [5.74, 6) is -2.01. The largest absolute Gasteiger partial charge is 0.462 e. The van der Waals surface area contributed by atoms with Crippen LogP contribution in [0.2, 0.25) is 5.02 Å². The average Bonchev–Trinajstić information content (AvgIpc) is 2.51. The maximum atomic E-state index is 13.6. The van der Waals surface area contributed by atoms with Crippen molar-refractivity contribution in [2.45, 2.75) is 6.92 Å². The summed E-state index contributed by atoms with van der Waals surface area (Å²) in [6, 6.07) is 9.66. The Kier molecular flexibility index (Phi) is 5.71. The van der Waals surface area contributed by atoms with Crippen LogP contribution in [0.1, 0.15) is 12.5 Å². The van der Waals surface area contributed by atoms with Gasteiger partial charge in [0.15, 0.2) is 0 Å². The molecule has 0 aliphatic carbocycles. The number of carbonyl (C=O) groups is 1. The number of nitrogens with one attached hydrogen (secondary N) is 1. The van der Waals surface area contributed by atoms with Crippen molar-refractivity contribution in [2.75, 3.05) is 11.9 Å². The Morgan fingerprint density at radius 1 is 1.22 bits per heavy atom. The van der Waals surface area contributed by atoms with Crippen molar-refractivity contribution < 1.29 is 18.3 Å². The van der Waals surface area contributed by atoms with Gasteiger partial charge in [0.2, 0.25) is 0 Å². The normalized spacial score (nSPS) is 11.2. The molecule has 0 fully saturated rings. The average molecular weight is 338 g/mol. The molecule has 6 heteroatoms. The highest BCUT2D eigenvalue weighted by molar-refractivity contribution is 6.30. The molecule has 2 aromatic carbocycles. The first-order chi connectivity index (χ1) is 11.0. The zero-order chi connectivity index (χ0) is 16.8. The van der Waals surface area contributed by atoms with Gasteiger partial charge in [-0.2, -0.15) is 0 Å². The molecule has 0 heterocycles. The predicted molar refractivity (Wildman–Crippen MR) is 86.0 cm³/mol. The maximum Gasteiger partial charge on any atom is 0.340 e. The molecular weight excluding hydrogens is 324 g/mol. The Bertz CT molecular complexity index is 730. The molecule has 0 amide bonds. The van der Waals surface area contributed by atoms with Gasteiger partial charge in [0.1, 0.15) is 11.6 Å². The number of halogens is 3. The Balaban J connectivity index is 2.32. The van der Waals surface area contributed by atoms with Gasteiger partial charge in [-0.15, -0.1) is 0 Å². The van der Waals surface area contributed by atoms with Crippen molar-refractivity contribution in [3.63, 3.8) is 0 Å². The molecule has 0 saturated carbocycles. The lowest BCUT2D eigenvalue weighted by molar-refractivity contribution is -0.136. The van der Waals surface area contributed by atoms with Gasteiger partial charge in [0.05, 0.1) is 17.9 Å². The second-order valence-electron chi connectivity index (χ2n) is 4.55. The fourth-order valence-corrected chi connectivity index (χ4v) is 1.98. The van der Waals surface area contributed by atoms with Gasteiger partial charge in [0, 0.05) is 17.3 Å². The molecule has 0 spiro atoms. The van der Waals surface area contributed by atoms with E-state index in [1.165, 1.54) is 12.3 Å². The standard InChI is InChI=1S/C17H14ClF2NO2/c1-2-23-17(22)14(11-3-5-12(18)6-4-11)10-21-16-8-7-13(19)9-15(16)20/h3-10,21H,2H2,1H3/b14-10+. The summed E-state index contributed by atoms with van der Waals surface area (Å²) in [5, 5.41) is 3.18.